The molecule has 1 fully saturated rings. The number of rotatable bonds is 8. The van der Waals surface area contributed by atoms with Crippen molar-refractivity contribution < 1.29 is 28.4 Å². The van der Waals surface area contributed by atoms with Gasteiger partial charge < -0.3 is 4.42 Å². The highest BCUT2D eigenvalue weighted by atomic mass is 19.1. The molecule has 0 aliphatic heterocycles. The summed E-state index contributed by atoms with van der Waals surface area (Å²) in [5.41, 5.74) is 5.49. The normalized spacial score (nSPS) is 13.9. The first-order valence-corrected chi connectivity index (χ1v) is 12.2. The molecule has 3 aromatic carbocycles. The molecular formula is C30H26FNO5. The Hall–Kier alpha value is -4.10. The van der Waals surface area contributed by atoms with E-state index in [4.69, 9.17) is 9.62 Å². The van der Waals surface area contributed by atoms with Gasteiger partial charge in [0.15, 0.2) is 11.6 Å². The Balaban J connectivity index is 1.57. The fraction of sp³-hybridized carbons (Fsp3) is 0.233. The number of nitrogens with one attached hydrogen (secondary N) is 1. The van der Waals surface area contributed by atoms with Gasteiger partial charge in [-0.15, -0.1) is 0 Å². The van der Waals surface area contributed by atoms with E-state index >= 15 is 0 Å². The molecule has 188 valence electrons. The summed E-state index contributed by atoms with van der Waals surface area (Å²) in [6.45, 7) is 3.72. The monoisotopic (exact) mass is 499 g/mol. The maximum atomic E-state index is 13.5. The van der Waals surface area contributed by atoms with Crippen LogP contribution in [0.5, 0.6) is 0 Å². The van der Waals surface area contributed by atoms with Gasteiger partial charge in [-0.05, 0) is 78.9 Å². The molecule has 6 nitrogen and oxygen atoms in total. The number of benzene rings is 3. The van der Waals surface area contributed by atoms with Crippen LogP contribution in [0.25, 0.3) is 33.4 Å². The van der Waals surface area contributed by atoms with Gasteiger partial charge in [-0.3, -0.25) is 19.6 Å². The van der Waals surface area contributed by atoms with Crippen molar-refractivity contribution in [2.75, 3.05) is 0 Å². The maximum Gasteiger partial charge on any atom is 0.250 e. The van der Waals surface area contributed by atoms with Gasteiger partial charge in [0.25, 0.3) is 0 Å². The first-order chi connectivity index (χ1) is 17.8. The van der Waals surface area contributed by atoms with E-state index in [1.807, 2.05) is 25.1 Å². The minimum atomic E-state index is -0.835. The number of hydrogen-bond donors (Lipinski definition) is 2. The van der Waals surface area contributed by atoms with Crippen LogP contribution in [0.4, 0.5) is 4.39 Å². The predicted molar refractivity (Wildman–Crippen MR) is 137 cm³/mol. The first-order valence-electron chi connectivity index (χ1n) is 12.2. The van der Waals surface area contributed by atoms with Crippen LogP contribution in [-0.2, 0) is 4.79 Å². The topological polar surface area (TPSA) is 96.6 Å². The van der Waals surface area contributed by atoms with E-state index in [0.717, 1.165) is 16.7 Å². The third kappa shape index (κ3) is 4.47. The number of amides is 1. The van der Waals surface area contributed by atoms with Gasteiger partial charge in [0, 0.05) is 29.4 Å². The standard InChI is InChI=1S/C30H26FNO5/c1-3-24(33)27-23-14-19(8-11-26(23)37-28(27)18-6-9-21(31)10-7-18)22-15-20(5-4-17(22)2)25(34)16-30(12-13-30)29(35)32-36/h4-11,14-15,36H,3,12-13,16H2,1-2H3,(H,32,35). The lowest BCUT2D eigenvalue weighted by molar-refractivity contribution is -0.134. The zero-order valence-corrected chi connectivity index (χ0v) is 20.6. The van der Waals surface area contributed by atoms with Crippen LogP contribution in [0.3, 0.4) is 0 Å². The first kappa shape index (κ1) is 24.6. The molecular weight excluding hydrogens is 473 g/mol. The van der Waals surface area contributed by atoms with Crippen molar-refractivity contribution >= 4 is 28.4 Å². The molecule has 1 aromatic heterocycles. The molecule has 0 bridgehead atoms. The lowest BCUT2D eigenvalue weighted by atomic mass is 9.91. The van der Waals surface area contributed by atoms with E-state index in [-0.39, 0.29) is 30.2 Å². The highest BCUT2D eigenvalue weighted by Crippen LogP contribution is 2.49. The molecule has 1 amide bonds. The van der Waals surface area contributed by atoms with Crippen LogP contribution in [0.15, 0.2) is 65.1 Å². The molecule has 2 N–H and O–H groups in total. The Morgan fingerprint density at radius 3 is 2.32 bits per heavy atom. The number of carbonyl (C=O) groups excluding carboxylic acids is 3. The van der Waals surface area contributed by atoms with Crippen LogP contribution >= 0.6 is 0 Å². The number of aryl methyl sites for hydroxylation is 1. The molecule has 1 heterocycles. The number of furan rings is 1. The van der Waals surface area contributed by atoms with Crippen molar-refractivity contribution in [2.45, 2.75) is 39.5 Å². The minimum absolute atomic E-state index is 0.0266. The molecule has 0 atom stereocenters. The largest absolute Gasteiger partial charge is 0.455 e. The van der Waals surface area contributed by atoms with Gasteiger partial charge >= 0.3 is 0 Å². The van der Waals surface area contributed by atoms with E-state index in [1.54, 1.807) is 42.7 Å². The van der Waals surface area contributed by atoms with Gasteiger partial charge in [-0.2, -0.15) is 0 Å². The fourth-order valence-electron chi connectivity index (χ4n) is 4.79. The smallest absolute Gasteiger partial charge is 0.250 e. The Morgan fingerprint density at radius 2 is 1.68 bits per heavy atom. The van der Waals surface area contributed by atoms with Crippen molar-refractivity contribution in [1.82, 2.24) is 5.48 Å². The fourth-order valence-corrected chi connectivity index (χ4v) is 4.79. The Kier molecular flexibility index (Phi) is 6.25. The SMILES string of the molecule is CCC(=O)c1c(-c2ccc(F)cc2)oc2ccc(-c3cc(C(=O)CC4(C(=O)NO)CC4)ccc3C)cc12. The minimum Gasteiger partial charge on any atom is -0.455 e. The summed E-state index contributed by atoms with van der Waals surface area (Å²) in [4.78, 5) is 38.0. The van der Waals surface area contributed by atoms with Crippen molar-refractivity contribution in [1.29, 1.82) is 0 Å². The molecule has 0 spiro atoms. The molecule has 1 aliphatic rings. The molecule has 7 heteroatoms. The summed E-state index contributed by atoms with van der Waals surface area (Å²) < 4.78 is 19.6. The van der Waals surface area contributed by atoms with Crippen LogP contribution in [-0.4, -0.2) is 22.7 Å². The average Bonchev–Trinajstić information content (AvgIpc) is 3.59. The summed E-state index contributed by atoms with van der Waals surface area (Å²) in [7, 11) is 0. The summed E-state index contributed by atoms with van der Waals surface area (Å²) >= 11 is 0. The molecule has 5 rings (SSSR count). The number of ketones is 2. The predicted octanol–water partition coefficient (Wildman–Crippen LogP) is 6.67. The van der Waals surface area contributed by atoms with Crippen molar-refractivity contribution in [3.05, 3.63) is 83.2 Å². The third-order valence-corrected chi connectivity index (χ3v) is 7.20. The summed E-state index contributed by atoms with van der Waals surface area (Å²) in [6, 6.07) is 16.8. The van der Waals surface area contributed by atoms with Crippen LogP contribution in [0.1, 0.15) is 58.9 Å². The second-order valence-electron chi connectivity index (χ2n) is 9.65. The molecule has 1 saturated carbocycles. The van der Waals surface area contributed by atoms with Crippen LogP contribution in [0.2, 0.25) is 0 Å². The van der Waals surface area contributed by atoms with Gasteiger partial charge in [0.1, 0.15) is 17.2 Å². The van der Waals surface area contributed by atoms with E-state index < -0.39 is 11.3 Å². The van der Waals surface area contributed by atoms with Crippen molar-refractivity contribution in [3.8, 4) is 22.5 Å². The molecule has 37 heavy (non-hydrogen) atoms. The number of fused-ring (bicyclic) bond motifs is 1. The summed E-state index contributed by atoms with van der Waals surface area (Å²) in [5, 5.41) is 9.67. The zero-order chi connectivity index (χ0) is 26.3. The quantitative estimate of drug-likeness (QED) is 0.160. The zero-order valence-electron chi connectivity index (χ0n) is 20.6. The molecule has 1 aliphatic carbocycles. The average molecular weight is 500 g/mol. The van der Waals surface area contributed by atoms with E-state index in [2.05, 4.69) is 0 Å². The number of carbonyl (C=O) groups is 3. The Bertz CT molecular complexity index is 1550. The van der Waals surface area contributed by atoms with Crippen molar-refractivity contribution in [2.24, 2.45) is 5.41 Å². The highest BCUT2D eigenvalue weighted by Gasteiger charge is 2.51. The summed E-state index contributed by atoms with van der Waals surface area (Å²) in [5.74, 6) is -0.764. The number of hydrogen-bond acceptors (Lipinski definition) is 5. The van der Waals surface area contributed by atoms with Crippen molar-refractivity contribution in [3.63, 3.8) is 0 Å². The maximum absolute atomic E-state index is 13.5. The van der Waals surface area contributed by atoms with Crippen LogP contribution < -0.4 is 5.48 Å². The lowest BCUT2D eigenvalue weighted by Crippen LogP contribution is -2.31. The van der Waals surface area contributed by atoms with Gasteiger partial charge in [-0.1, -0.05) is 25.1 Å². The third-order valence-electron chi connectivity index (χ3n) is 7.20. The van der Waals surface area contributed by atoms with E-state index in [0.29, 0.717) is 46.3 Å². The van der Waals surface area contributed by atoms with E-state index in [9.17, 15) is 18.8 Å². The van der Waals surface area contributed by atoms with Crippen LogP contribution in [0, 0.1) is 18.2 Å². The molecule has 0 radical (unpaired) electrons. The highest BCUT2D eigenvalue weighted by molar-refractivity contribution is 6.13. The lowest BCUT2D eigenvalue weighted by Gasteiger charge is -2.13. The van der Waals surface area contributed by atoms with Gasteiger partial charge in [0.2, 0.25) is 5.91 Å². The molecule has 0 unspecified atom stereocenters. The second kappa shape index (κ2) is 9.41. The number of halogens is 1. The number of Topliss-reactive ketones (excluding diaryl/α,β-unsaturated/α-hetero) is 2. The number of hydroxylamine groups is 1. The summed E-state index contributed by atoms with van der Waals surface area (Å²) in [6.07, 6.45) is 1.43. The molecule has 0 saturated heterocycles. The Morgan fingerprint density at radius 1 is 0.973 bits per heavy atom. The van der Waals surface area contributed by atoms with Gasteiger partial charge in [0.05, 0.1) is 11.0 Å². The Labute approximate surface area is 213 Å². The van der Waals surface area contributed by atoms with Gasteiger partial charge in [-0.25, -0.2) is 9.87 Å². The second-order valence-corrected chi connectivity index (χ2v) is 9.65. The molecule has 4 aromatic rings. The van der Waals surface area contributed by atoms with E-state index in [1.165, 1.54) is 12.1 Å².